The highest BCUT2D eigenvalue weighted by Crippen LogP contribution is 2.13. The number of nitrogens with zero attached hydrogens (tertiary/aromatic N) is 1. The van der Waals surface area contributed by atoms with E-state index >= 15 is 0 Å². The van der Waals surface area contributed by atoms with E-state index in [9.17, 15) is 9.59 Å². The maximum Gasteiger partial charge on any atom is 0.337 e. The van der Waals surface area contributed by atoms with Gasteiger partial charge in [0.1, 0.15) is 5.76 Å². The molecule has 0 fully saturated rings. The Kier molecular flexibility index (Phi) is 10.6. The maximum absolute atomic E-state index is 11.5. The predicted molar refractivity (Wildman–Crippen MR) is 71.5 cm³/mol. The monoisotopic (exact) mass is 279 g/mol. The number of carbonyl (C=O) groups excluding carboxylic acids is 2. The molecule has 5 nitrogen and oxygen atoms in total. The van der Waals surface area contributed by atoms with Gasteiger partial charge in [-0.2, -0.15) is 0 Å². The molecule has 0 aliphatic rings. The fourth-order valence-corrected chi connectivity index (χ4v) is 1.17. The van der Waals surface area contributed by atoms with Crippen LogP contribution in [0.3, 0.4) is 0 Å². The fourth-order valence-electron chi connectivity index (χ4n) is 1.17. The van der Waals surface area contributed by atoms with Gasteiger partial charge >= 0.3 is 11.9 Å². The lowest BCUT2D eigenvalue weighted by Crippen LogP contribution is -2.17. The molecule has 0 radical (unpaired) electrons. The van der Waals surface area contributed by atoms with E-state index in [-0.39, 0.29) is 12.4 Å². The quantitative estimate of drug-likeness (QED) is 0.421. The lowest BCUT2D eigenvalue weighted by Gasteiger charge is -2.14. The van der Waals surface area contributed by atoms with Crippen LogP contribution >= 0.6 is 12.4 Å². The molecule has 0 atom stereocenters. The number of hydrogen-bond acceptors (Lipinski definition) is 5. The fraction of sp³-hybridized carbons (Fsp3) is 0.667. The van der Waals surface area contributed by atoms with Crippen LogP contribution in [-0.4, -0.2) is 44.1 Å². The second kappa shape index (κ2) is 9.91. The number of ether oxygens (including phenoxy) is 2. The molecule has 0 aromatic carbocycles. The summed E-state index contributed by atoms with van der Waals surface area (Å²) in [5.74, 6) is -0.491. The number of hydrogen-bond donors (Lipinski definition) is 0. The topological polar surface area (TPSA) is 55.8 Å². The Labute approximate surface area is 115 Å². The van der Waals surface area contributed by atoms with E-state index in [1.165, 1.54) is 6.92 Å². The number of esters is 2. The Hall–Kier alpha value is -1.07. The third-order valence-corrected chi connectivity index (χ3v) is 2.05. The standard InChI is InChI=1S/C12H21NO4.ClH/c1-6-16-12(15)9(2)11(17-10(3)14)7-8-13(4)5;/h6-8H2,1-5H3;1H. The first-order valence-electron chi connectivity index (χ1n) is 5.58. The summed E-state index contributed by atoms with van der Waals surface area (Å²) in [5, 5.41) is 0. The second-order valence-electron chi connectivity index (χ2n) is 3.92. The minimum absolute atomic E-state index is 0. The van der Waals surface area contributed by atoms with Crippen LogP contribution in [0.25, 0.3) is 0 Å². The molecule has 0 spiro atoms. The van der Waals surface area contributed by atoms with Gasteiger partial charge in [0.15, 0.2) is 0 Å². The van der Waals surface area contributed by atoms with E-state index in [1.54, 1.807) is 13.8 Å². The van der Waals surface area contributed by atoms with Gasteiger partial charge in [-0.25, -0.2) is 4.79 Å². The van der Waals surface area contributed by atoms with E-state index in [1.807, 2.05) is 19.0 Å². The van der Waals surface area contributed by atoms with E-state index in [4.69, 9.17) is 9.47 Å². The van der Waals surface area contributed by atoms with Crippen LogP contribution in [0.1, 0.15) is 27.2 Å². The highest BCUT2D eigenvalue weighted by atomic mass is 35.5. The minimum Gasteiger partial charge on any atom is -0.463 e. The molecular weight excluding hydrogens is 258 g/mol. The predicted octanol–water partition coefficient (Wildman–Crippen LogP) is 1.76. The van der Waals surface area contributed by atoms with Gasteiger partial charge in [0, 0.05) is 19.9 Å². The van der Waals surface area contributed by atoms with Crippen LogP contribution in [0.4, 0.5) is 0 Å². The first-order chi connectivity index (χ1) is 7.88. The van der Waals surface area contributed by atoms with Gasteiger partial charge < -0.3 is 14.4 Å². The van der Waals surface area contributed by atoms with Gasteiger partial charge in [-0.15, -0.1) is 12.4 Å². The Morgan fingerprint density at radius 2 is 1.72 bits per heavy atom. The van der Waals surface area contributed by atoms with Crippen molar-refractivity contribution < 1.29 is 19.1 Å². The molecule has 0 aliphatic carbocycles. The number of rotatable bonds is 6. The summed E-state index contributed by atoms with van der Waals surface area (Å²) < 4.78 is 9.91. The van der Waals surface area contributed by atoms with Gasteiger partial charge in [-0.05, 0) is 27.9 Å². The summed E-state index contributed by atoms with van der Waals surface area (Å²) in [6, 6.07) is 0. The van der Waals surface area contributed by atoms with Crippen molar-refractivity contribution in [3.63, 3.8) is 0 Å². The van der Waals surface area contributed by atoms with E-state index in [0.29, 0.717) is 30.9 Å². The van der Waals surface area contributed by atoms with Crippen LogP contribution in [0.2, 0.25) is 0 Å². The third-order valence-electron chi connectivity index (χ3n) is 2.05. The van der Waals surface area contributed by atoms with Crippen molar-refractivity contribution in [3.05, 3.63) is 11.3 Å². The van der Waals surface area contributed by atoms with Crippen LogP contribution in [0, 0.1) is 0 Å². The maximum atomic E-state index is 11.5. The Morgan fingerprint density at radius 3 is 2.11 bits per heavy atom. The van der Waals surface area contributed by atoms with Crippen LogP contribution < -0.4 is 0 Å². The molecule has 106 valence electrons. The van der Waals surface area contributed by atoms with Crippen LogP contribution in [-0.2, 0) is 19.1 Å². The minimum atomic E-state index is -0.442. The number of carbonyl (C=O) groups is 2. The zero-order chi connectivity index (χ0) is 13.4. The third kappa shape index (κ3) is 8.08. The normalized spacial score (nSPS) is 11.4. The second-order valence-corrected chi connectivity index (χ2v) is 3.92. The van der Waals surface area contributed by atoms with E-state index in [2.05, 4.69) is 0 Å². The summed E-state index contributed by atoms with van der Waals surface area (Å²) in [7, 11) is 3.82. The van der Waals surface area contributed by atoms with Crippen molar-refractivity contribution in [2.45, 2.75) is 27.2 Å². The molecule has 0 aromatic heterocycles. The van der Waals surface area contributed by atoms with Gasteiger partial charge in [0.2, 0.25) is 0 Å². The zero-order valence-electron chi connectivity index (χ0n) is 11.6. The molecule has 0 rings (SSSR count). The Balaban J connectivity index is 0. The summed E-state index contributed by atoms with van der Waals surface area (Å²) in [6.07, 6.45) is 0.497. The Morgan fingerprint density at radius 1 is 1.17 bits per heavy atom. The van der Waals surface area contributed by atoms with Crippen LogP contribution in [0.15, 0.2) is 11.3 Å². The van der Waals surface area contributed by atoms with Crippen molar-refractivity contribution >= 4 is 24.3 Å². The lowest BCUT2D eigenvalue weighted by molar-refractivity contribution is -0.139. The lowest BCUT2D eigenvalue weighted by atomic mass is 10.2. The molecule has 0 unspecified atom stereocenters. The summed E-state index contributed by atoms with van der Waals surface area (Å²) in [6.45, 7) is 5.65. The SMILES string of the molecule is CCOC(=O)C(C)=C(CCN(C)C)OC(C)=O.Cl. The molecule has 6 heteroatoms. The molecule has 0 N–H and O–H groups in total. The molecule has 0 heterocycles. The van der Waals surface area contributed by atoms with Gasteiger partial charge in [0.05, 0.1) is 12.2 Å². The van der Waals surface area contributed by atoms with Crippen molar-refractivity contribution in [1.29, 1.82) is 0 Å². The van der Waals surface area contributed by atoms with Gasteiger partial charge in [-0.1, -0.05) is 0 Å². The summed E-state index contributed by atoms with van der Waals surface area (Å²) >= 11 is 0. The smallest absolute Gasteiger partial charge is 0.337 e. The van der Waals surface area contributed by atoms with Crippen LogP contribution in [0.5, 0.6) is 0 Å². The average Bonchev–Trinajstić information content (AvgIpc) is 2.22. The average molecular weight is 280 g/mol. The first-order valence-corrected chi connectivity index (χ1v) is 5.58. The molecule has 0 saturated carbocycles. The van der Waals surface area contributed by atoms with Crippen molar-refractivity contribution in [2.75, 3.05) is 27.2 Å². The zero-order valence-corrected chi connectivity index (χ0v) is 12.4. The molecule has 0 amide bonds. The van der Waals surface area contributed by atoms with Gasteiger partial charge in [-0.3, -0.25) is 4.79 Å². The molecule has 0 bridgehead atoms. The molecular formula is C12H22ClNO4. The molecule has 0 aromatic rings. The molecule has 0 aliphatic heterocycles. The highest BCUT2D eigenvalue weighted by Gasteiger charge is 2.15. The van der Waals surface area contributed by atoms with E-state index < -0.39 is 11.9 Å². The van der Waals surface area contributed by atoms with Crippen molar-refractivity contribution in [2.24, 2.45) is 0 Å². The molecule has 0 saturated heterocycles. The largest absolute Gasteiger partial charge is 0.463 e. The Bertz CT molecular complexity index is 313. The highest BCUT2D eigenvalue weighted by molar-refractivity contribution is 5.88. The number of halogens is 1. The molecule has 18 heavy (non-hydrogen) atoms. The van der Waals surface area contributed by atoms with Crippen molar-refractivity contribution in [1.82, 2.24) is 4.90 Å². The first kappa shape index (κ1) is 19.3. The van der Waals surface area contributed by atoms with Gasteiger partial charge in [0.25, 0.3) is 0 Å². The summed E-state index contributed by atoms with van der Waals surface area (Å²) in [4.78, 5) is 24.4. The summed E-state index contributed by atoms with van der Waals surface area (Å²) in [5.41, 5.74) is 0.351. The van der Waals surface area contributed by atoms with Crippen molar-refractivity contribution in [3.8, 4) is 0 Å². The van der Waals surface area contributed by atoms with E-state index in [0.717, 1.165) is 0 Å².